The summed E-state index contributed by atoms with van der Waals surface area (Å²) in [5.41, 5.74) is 2.75. The number of nitriles is 1. The highest BCUT2D eigenvalue weighted by Crippen LogP contribution is 2.17. The van der Waals surface area contributed by atoms with E-state index in [1.54, 1.807) is 0 Å². The average Bonchev–Trinajstić information content (AvgIpc) is 3.04. The zero-order valence-corrected chi connectivity index (χ0v) is 13.4. The standard InChI is InChI=1S/C20H16FN3O/c21-17-7-5-14(6-8-17)11-16(12-22)20(25)23-10-9-15-13-24-19-4-2-1-3-18(15)19/h1-8,11,13,24H,9-10H2,(H,23,25)/b16-11-. The van der Waals surface area contributed by atoms with Gasteiger partial charge in [-0.25, -0.2) is 4.39 Å². The number of nitrogens with zero attached hydrogens (tertiary/aromatic N) is 1. The summed E-state index contributed by atoms with van der Waals surface area (Å²) in [5.74, 6) is -0.800. The highest BCUT2D eigenvalue weighted by molar-refractivity contribution is 6.01. The van der Waals surface area contributed by atoms with Crippen LogP contribution in [0.2, 0.25) is 0 Å². The number of amides is 1. The third-order valence-corrected chi connectivity index (χ3v) is 3.90. The molecule has 0 bridgehead atoms. The molecule has 1 heterocycles. The fourth-order valence-corrected chi connectivity index (χ4v) is 2.62. The number of hydrogen-bond acceptors (Lipinski definition) is 2. The van der Waals surface area contributed by atoms with Crippen molar-refractivity contribution < 1.29 is 9.18 Å². The van der Waals surface area contributed by atoms with Crippen molar-refractivity contribution in [2.45, 2.75) is 6.42 Å². The van der Waals surface area contributed by atoms with Crippen LogP contribution in [0.4, 0.5) is 4.39 Å². The Hall–Kier alpha value is -3.39. The molecule has 0 aliphatic carbocycles. The zero-order chi connectivity index (χ0) is 17.6. The molecule has 0 fully saturated rings. The van der Waals surface area contributed by atoms with Crippen molar-refractivity contribution in [1.82, 2.24) is 10.3 Å². The molecule has 0 atom stereocenters. The number of fused-ring (bicyclic) bond motifs is 1. The molecule has 0 saturated carbocycles. The fraction of sp³-hybridized carbons (Fsp3) is 0.100. The molecule has 0 aliphatic rings. The maximum Gasteiger partial charge on any atom is 0.261 e. The normalized spacial score (nSPS) is 11.3. The largest absolute Gasteiger partial charge is 0.361 e. The minimum Gasteiger partial charge on any atom is -0.361 e. The van der Waals surface area contributed by atoms with Crippen LogP contribution in [0.15, 0.2) is 60.3 Å². The van der Waals surface area contributed by atoms with Crippen molar-refractivity contribution in [3.8, 4) is 6.07 Å². The number of carbonyl (C=O) groups is 1. The Morgan fingerprint density at radius 2 is 1.96 bits per heavy atom. The number of carbonyl (C=O) groups excluding carboxylic acids is 1. The highest BCUT2D eigenvalue weighted by Gasteiger charge is 2.09. The second kappa shape index (κ2) is 7.45. The van der Waals surface area contributed by atoms with E-state index in [1.807, 2.05) is 36.5 Å². The van der Waals surface area contributed by atoms with Crippen molar-refractivity contribution >= 4 is 22.9 Å². The first-order valence-electron chi connectivity index (χ1n) is 7.88. The van der Waals surface area contributed by atoms with E-state index in [1.165, 1.54) is 30.3 Å². The summed E-state index contributed by atoms with van der Waals surface area (Å²) in [4.78, 5) is 15.3. The number of halogens is 1. The van der Waals surface area contributed by atoms with Gasteiger partial charge < -0.3 is 10.3 Å². The lowest BCUT2D eigenvalue weighted by molar-refractivity contribution is -0.117. The summed E-state index contributed by atoms with van der Waals surface area (Å²) in [7, 11) is 0. The molecule has 3 aromatic rings. The summed E-state index contributed by atoms with van der Waals surface area (Å²) >= 11 is 0. The number of nitrogens with one attached hydrogen (secondary N) is 2. The summed E-state index contributed by atoms with van der Waals surface area (Å²) in [6, 6.07) is 15.5. The predicted octanol–water partition coefficient (Wildman–Crippen LogP) is 3.57. The smallest absolute Gasteiger partial charge is 0.261 e. The molecule has 3 rings (SSSR count). The molecule has 124 valence electrons. The van der Waals surface area contributed by atoms with Gasteiger partial charge in [0.15, 0.2) is 0 Å². The van der Waals surface area contributed by atoms with Crippen LogP contribution in [0, 0.1) is 17.1 Å². The summed E-state index contributed by atoms with van der Waals surface area (Å²) in [5, 5.41) is 13.1. The first kappa shape index (κ1) is 16.5. The lowest BCUT2D eigenvalue weighted by Gasteiger charge is -2.04. The van der Waals surface area contributed by atoms with E-state index in [2.05, 4.69) is 10.3 Å². The topological polar surface area (TPSA) is 68.7 Å². The van der Waals surface area contributed by atoms with Crippen molar-refractivity contribution in [2.75, 3.05) is 6.54 Å². The summed E-state index contributed by atoms with van der Waals surface area (Å²) < 4.78 is 12.9. The third kappa shape index (κ3) is 3.93. The van der Waals surface area contributed by atoms with Gasteiger partial charge in [0.25, 0.3) is 5.91 Å². The second-order valence-corrected chi connectivity index (χ2v) is 5.59. The van der Waals surface area contributed by atoms with Gasteiger partial charge in [0.2, 0.25) is 0 Å². The first-order chi connectivity index (χ1) is 12.2. The lowest BCUT2D eigenvalue weighted by Crippen LogP contribution is -2.26. The van der Waals surface area contributed by atoms with Crippen LogP contribution >= 0.6 is 0 Å². The Labute approximate surface area is 144 Å². The molecule has 4 nitrogen and oxygen atoms in total. The van der Waals surface area contributed by atoms with Gasteiger partial charge in [-0.2, -0.15) is 5.26 Å². The minimum atomic E-state index is -0.438. The number of rotatable bonds is 5. The molecule has 0 unspecified atom stereocenters. The van der Waals surface area contributed by atoms with E-state index < -0.39 is 5.91 Å². The molecule has 0 saturated heterocycles. The van der Waals surface area contributed by atoms with E-state index in [-0.39, 0.29) is 11.4 Å². The maximum atomic E-state index is 12.9. The van der Waals surface area contributed by atoms with Crippen LogP contribution in [0.25, 0.3) is 17.0 Å². The van der Waals surface area contributed by atoms with E-state index in [0.717, 1.165) is 16.5 Å². The molecule has 25 heavy (non-hydrogen) atoms. The second-order valence-electron chi connectivity index (χ2n) is 5.59. The van der Waals surface area contributed by atoms with Crippen molar-refractivity contribution in [1.29, 1.82) is 5.26 Å². The Bertz CT molecular complexity index is 965. The van der Waals surface area contributed by atoms with Crippen molar-refractivity contribution in [3.05, 3.63) is 77.2 Å². The quantitative estimate of drug-likeness (QED) is 0.553. The van der Waals surface area contributed by atoms with Crippen LogP contribution in [0.1, 0.15) is 11.1 Å². The van der Waals surface area contributed by atoms with Crippen LogP contribution in [0.5, 0.6) is 0 Å². The fourth-order valence-electron chi connectivity index (χ4n) is 2.62. The van der Waals surface area contributed by atoms with Crippen molar-refractivity contribution in [2.24, 2.45) is 0 Å². The number of para-hydroxylation sites is 1. The van der Waals surface area contributed by atoms with Crippen LogP contribution in [0.3, 0.4) is 0 Å². The first-order valence-corrected chi connectivity index (χ1v) is 7.88. The average molecular weight is 333 g/mol. The number of aromatic nitrogens is 1. The predicted molar refractivity (Wildman–Crippen MR) is 95.0 cm³/mol. The molecule has 0 spiro atoms. The van der Waals surface area contributed by atoms with Gasteiger partial charge in [-0.1, -0.05) is 30.3 Å². The summed E-state index contributed by atoms with van der Waals surface area (Å²) in [6.07, 6.45) is 4.03. The number of H-pyrrole nitrogens is 1. The Kier molecular flexibility index (Phi) is 4.91. The van der Waals surface area contributed by atoms with Gasteiger partial charge in [0.1, 0.15) is 17.5 Å². The van der Waals surface area contributed by atoms with Crippen LogP contribution in [-0.4, -0.2) is 17.4 Å². The molecule has 0 radical (unpaired) electrons. The third-order valence-electron chi connectivity index (χ3n) is 3.90. The monoisotopic (exact) mass is 333 g/mol. The molecule has 2 aromatic carbocycles. The van der Waals surface area contributed by atoms with Gasteiger partial charge >= 0.3 is 0 Å². The Morgan fingerprint density at radius 3 is 2.72 bits per heavy atom. The molecular formula is C20H16FN3O. The Balaban J connectivity index is 1.63. The van der Waals surface area contributed by atoms with E-state index >= 15 is 0 Å². The Morgan fingerprint density at radius 1 is 1.20 bits per heavy atom. The van der Waals surface area contributed by atoms with Crippen LogP contribution in [-0.2, 0) is 11.2 Å². The molecular weight excluding hydrogens is 317 g/mol. The van der Waals surface area contributed by atoms with Gasteiger partial charge in [0.05, 0.1) is 0 Å². The minimum absolute atomic E-state index is 0.00876. The van der Waals surface area contributed by atoms with Gasteiger partial charge in [-0.15, -0.1) is 0 Å². The number of hydrogen-bond donors (Lipinski definition) is 2. The zero-order valence-electron chi connectivity index (χ0n) is 13.4. The van der Waals surface area contributed by atoms with Gasteiger partial charge in [-0.05, 0) is 41.8 Å². The molecule has 5 heteroatoms. The lowest BCUT2D eigenvalue weighted by atomic mass is 10.1. The number of benzene rings is 2. The number of aromatic amines is 1. The van der Waals surface area contributed by atoms with E-state index in [4.69, 9.17) is 0 Å². The van der Waals surface area contributed by atoms with Crippen LogP contribution < -0.4 is 5.32 Å². The molecule has 0 aliphatic heterocycles. The maximum absolute atomic E-state index is 12.9. The van der Waals surface area contributed by atoms with E-state index in [9.17, 15) is 14.4 Å². The SMILES string of the molecule is N#C/C(=C/c1ccc(F)cc1)C(=O)NCCc1c[nH]c2ccccc12. The van der Waals surface area contributed by atoms with E-state index in [0.29, 0.717) is 18.5 Å². The molecule has 1 amide bonds. The van der Waals surface area contributed by atoms with Gasteiger partial charge in [-0.3, -0.25) is 4.79 Å². The highest BCUT2D eigenvalue weighted by atomic mass is 19.1. The molecule has 1 aromatic heterocycles. The summed E-state index contributed by atoms with van der Waals surface area (Å²) in [6.45, 7) is 0.420. The van der Waals surface area contributed by atoms with Crippen molar-refractivity contribution in [3.63, 3.8) is 0 Å². The van der Waals surface area contributed by atoms with Gasteiger partial charge in [0, 0.05) is 23.6 Å². The molecule has 2 N–H and O–H groups in total.